The first-order chi connectivity index (χ1) is 10.7. The van der Waals surface area contributed by atoms with Gasteiger partial charge < -0.3 is 10.1 Å². The molecule has 0 amide bonds. The third-order valence-electron chi connectivity index (χ3n) is 3.11. The summed E-state index contributed by atoms with van der Waals surface area (Å²) in [5, 5.41) is 12.4. The molecular weight excluding hydrogens is 300 g/mol. The van der Waals surface area contributed by atoms with Gasteiger partial charge in [0.2, 0.25) is 0 Å². The molecular formula is C16H11ClN4O. The van der Waals surface area contributed by atoms with E-state index in [1.165, 1.54) is 0 Å². The number of anilines is 2. The van der Waals surface area contributed by atoms with Gasteiger partial charge in [-0.15, -0.1) is 0 Å². The smallest absolute Gasteiger partial charge is 0.149 e. The monoisotopic (exact) mass is 310 g/mol. The Morgan fingerprint density at radius 3 is 2.77 bits per heavy atom. The summed E-state index contributed by atoms with van der Waals surface area (Å²) in [4.78, 5) is 8.83. The number of nitrogens with zero attached hydrogens (tertiary/aromatic N) is 3. The molecule has 0 aliphatic carbocycles. The highest BCUT2D eigenvalue weighted by Gasteiger charge is 2.05. The summed E-state index contributed by atoms with van der Waals surface area (Å²) in [5.41, 5.74) is 2.67. The molecule has 0 spiro atoms. The van der Waals surface area contributed by atoms with Gasteiger partial charge in [-0.1, -0.05) is 11.6 Å². The van der Waals surface area contributed by atoms with E-state index in [0.717, 1.165) is 16.8 Å². The number of methoxy groups -OCH3 is 1. The summed E-state index contributed by atoms with van der Waals surface area (Å²) in [5.74, 6) is 1.31. The highest BCUT2D eigenvalue weighted by Crippen LogP contribution is 2.26. The summed E-state index contributed by atoms with van der Waals surface area (Å²) < 4.78 is 5.16. The number of ether oxygens (including phenoxy) is 1. The lowest BCUT2D eigenvalue weighted by Crippen LogP contribution is -1.96. The predicted octanol–water partition coefficient (Wildman–Crippen LogP) is 3.91. The number of hydrogen-bond acceptors (Lipinski definition) is 5. The van der Waals surface area contributed by atoms with E-state index in [1.807, 2.05) is 24.3 Å². The average Bonchev–Trinajstić information content (AvgIpc) is 2.56. The molecule has 0 unspecified atom stereocenters. The lowest BCUT2D eigenvalue weighted by Gasteiger charge is -2.08. The Kier molecular flexibility index (Phi) is 3.77. The Morgan fingerprint density at radius 2 is 2.05 bits per heavy atom. The molecule has 0 aliphatic rings. The molecule has 1 aromatic heterocycles. The van der Waals surface area contributed by atoms with Crippen LogP contribution in [0.1, 0.15) is 5.56 Å². The molecule has 2 aromatic carbocycles. The zero-order valence-electron chi connectivity index (χ0n) is 11.7. The maximum Gasteiger partial charge on any atom is 0.149 e. The molecule has 0 saturated carbocycles. The summed E-state index contributed by atoms with van der Waals surface area (Å²) >= 11 is 6.14. The first-order valence-corrected chi connectivity index (χ1v) is 6.85. The van der Waals surface area contributed by atoms with E-state index in [4.69, 9.17) is 21.6 Å². The highest BCUT2D eigenvalue weighted by atomic mass is 35.5. The van der Waals surface area contributed by atoms with Crippen molar-refractivity contribution >= 4 is 34.1 Å². The molecule has 0 saturated heterocycles. The first kappa shape index (κ1) is 14.1. The molecule has 3 aromatic rings. The molecule has 3 rings (SSSR count). The topological polar surface area (TPSA) is 70.8 Å². The van der Waals surface area contributed by atoms with Crippen LogP contribution in [-0.2, 0) is 0 Å². The zero-order chi connectivity index (χ0) is 15.5. The Morgan fingerprint density at radius 1 is 1.18 bits per heavy atom. The molecule has 5 nitrogen and oxygen atoms in total. The second-order valence-corrected chi connectivity index (χ2v) is 4.95. The van der Waals surface area contributed by atoms with E-state index in [-0.39, 0.29) is 0 Å². The van der Waals surface area contributed by atoms with Gasteiger partial charge in [-0.25, -0.2) is 4.98 Å². The van der Waals surface area contributed by atoms with E-state index in [0.29, 0.717) is 22.1 Å². The maximum atomic E-state index is 8.84. The highest BCUT2D eigenvalue weighted by molar-refractivity contribution is 6.33. The molecule has 0 fully saturated rings. The lowest BCUT2D eigenvalue weighted by molar-refractivity contribution is 0.415. The van der Waals surface area contributed by atoms with Gasteiger partial charge in [-0.05, 0) is 30.3 Å². The maximum absolute atomic E-state index is 8.84. The minimum absolute atomic E-state index is 0.454. The average molecular weight is 311 g/mol. The summed E-state index contributed by atoms with van der Waals surface area (Å²) in [6, 6.07) is 12.6. The second kappa shape index (κ2) is 5.88. The lowest BCUT2D eigenvalue weighted by atomic mass is 10.2. The summed E-state index contributed by atoms with van der Waals surface area (Å²) in [6.07, 6.45) is 1.62. The molecule has 0 radical (unpaired) electrons. The first-order valence-electron chi connectivity index (χ1n) is 6.47. The van der Waals surface area contributed by atoms with Gasteiger partial charge in [0.15, 0.2) is 0 Å². The minimum atomic E-state index is 0.454. The number of hydrogen-bond donors (Lipinski definition) is 1. The number of halogens is 1. The van der Waals surface area contributed by atoms with Gasteiger partial charge in [-0.3, -0.25) is 4.98 Å². The van der Waals surface area contributed by atoms with Crippen LogP contribution in [-0.4, -0.2) is 17.1 Å². The fraction of sp³-hybridized carbons (Fsp3) is 0.0625. The van der Waals surface area contributed by atoms with Crippen LogP contribution >= 0.6 is 11.6 Å². The number of fused-ring (bicyclic) bond motifs is 1. The second-order valence-electron chi connectivity index (χ2n) is 4.54. The van der Waals surface area contributed by atoms with Crippen LogP contribution < -0.4 is 10.1 Å². The SMILES string of the molecule is COc1ccc2nc(Nc3ccc(C#N)cc3Cl)cnc2c1. The van der Waals surface area contributed by atoms with Crippen LogP contribution in [0.2, 0.25) is 5.02 Å². The molecule has 108 valence electrons. The Bertz CT molecular complexity index is 889. The van der Waals surface area contributed by atoms with Crippen LogP contribution in [0.15, 0.2) is 42.6 Å². The standard InChI is InChI=1S/C16H11ClN4O/c1-22-11-3-5-14-15(7-11)19-9-16(21-14)20-13-4-2-10(8-18)6-12(13)17/h2-7,9H,1H3,(H,20,21). The van der Waals surface area contributed by atoms with Crippen molar-refractivity contribution in [3.8, 4) is 11.8 Å². The van der Waals surface area contributed by atoms with Gasteiger partial charge in [-0.2, -0.15) is 5.26 Å². The van der Waals surface area contributed by atoms with Crippen molar-refractivity contribution in [2.45, 2.75) is 0 Å². The number of nitriles is 1. The number of benzene rings is 2. The van der Waals surface area contributed by atoms with Gasteiger partial charge in [0, 0.05) is 6.07 Å². The molecule has 0 atom stereocenters. The Labute approximate surface area is 132 Å². The van der Waals surface area contributed by atoms with Gasteiger partial charge >= 0.3 is 0 Å². The number of aromatic nitrogens is 2. The number of rotatable bonds is 3. The largest absolute Gasteiger partial charge is 0.497 e. The van der Waals surface area contributed by atoms with Crippen molar-refractivity contribution in [1.82, 2.24) is 9.97 Å². The summed E-state index contributed by atoms with van der Waals surface area (Å²) in [6.45, 7) is 0. The van der Waals surface area contributed by atoms with Crippen molar-refractivity contribution in [2.75, 3.05) is 12.4 Å². The van der Waals surface area contributed by atoms with Crippen molar-refractivity contribution in [1.29, 1.82) is 5.26 Å². The van der Waals surface area contributed by atoms with Gasteiger partial charge in [0.1, 0.15) is 11.6 Å². The molecule has 0 aliphatic heterocycles. The third-order valence-corrected chi connectivity index (χ3v) is 3.42. The molecule has 6 heteroatoms. The fourth-order valence-electron chi connectivity index (χ4n) is 2.00. The van der Waals surface area contributed by atoms with Crippen molar-refractivity contribution in [2.24, 2.45) is 0 Å². The molecule has 1 N–H and O–H groups in total. The van der Waals surface area contributed by atoms with Gasteiger partial charge in [0.05, 0.1) is 46.7 Å². The van der Waals surface area contributed by atoms with E-state index >= 15 is 0 Å². The predicted molar refractivity (Wildman–Crippen MR) is 85.5 cm³/mol. The normalized spacial score (nSPS) is 10.2. The zero-order valence-corrected chi connectivity index (χ0v) is 12.4. The molecule has 22 heavy (non-hydrogen) atoms. The van der Waals surface area contributed by atoms with Crippen molar-refractivity contribution in [3.05, 3.63) is 53.2 Å². The van der Waals surface area contributed by atoms with E-state index in [1.54, 1.807) is 31.5 Å². The molecule has 1 heterocycles. The van der Waals surface area contributed by atoms with E-state index < -0.39 is 0 Å². The van der Waals surface area contributed by atoms with E-state index in [9.17, 15) is 0 Å². The van der Waals surface area contributed by atoms with Crippen LogP contribution in [0.4, 0.5) is 11.5 Å². The van der Waals surface area contributed by atoms with Crippen LogP contribution in [0.25, 0.3) is 11.0 Å². The van der Waals surface area contributed by atoms with Crippen molar-refractivity contribution < 1.29 is 4.74 Å². The minimum Gasteiger partial charge on any atom is -0.497 e. The van der Waals surface area contributed by atoms with Crippen molar-refractivity contribution in [3.63, 3.8) is 0 Å². The van der Waals surface area contributed by atoms with Crippen LogP contribution in [0, 0.1) is 11.3 Å². The Balaban J connectivity index is 1.93. The van der Waals surface area contributed by atoms with Gasteiger partial charge in [0.25, 0.3) is 0 Å². The third kappa shape index (κ3) is 2.78. The Hall–Kier alpha value is -2.84. The fourth-order valence-corrected chi connectivity index (χ4v) is 2.23. The molecule has 0 bridgehead atoms. The van der Waals surface area contributed by atoms with E-state index in [2.05, 4.69) is 15.3 Å². The number of nitrogens with one attached hydrogen (secondary N) is 1. The van der Waals surface area contributed by atoms with Crippen LogP contribution in [0.5, 0.6) is 5.75 Å². The quantitative estimate of drug-likeness (QED) is 0.794. The van der Waals surface area contributed by atoms with Crippen LogP contribution in [0.3, 0.4) is 0 Å². The summed E-state index contributed by atoms with van der Waals surface area (Å²) in [7, 11) is 1.61.